The fourth-order valence-corrected chi connectivity index (χ4v) is 2.83. The van der Waals surface area contributed by atoms with Gasteiger partial charge in [-0.15, -0.1) is 0 Å². The van der Waals surface area contributed by atoms with Crippen molar-refractivity contribution >= 4 is 11.7 Å². The van der Waals surface area contributed by atoms with Gasteiger partial charge in [-0.1, -0.05) is 12.1 Å². The van der Waals surface area contributed by atoms with E-state index >= 15 is 0 Å². The largest absolute Gasteiger partial charge is 0.493 e. The number of benzene rings is 2. The standard InChI is InChI=1S/C23H22F2N4O4/c1-12-18(24)21(32-15-7-5-6-13(10-15)20(26)27)28-22(19(12)25)33-16-9-8-14(11-17(16)31-4)23(30)29(2)3/h5-11H,1-4H3,(H3,26,27). The number of nitrogen functional groups attached to an aromatic ring is 1. The molecule has 0 aliphatic rings. The number of aromatic nitrogens is 1. The van der Waals surface area contributed by atoms with Crippen LogP contribution in [0.2, 0.25) is 0 Å². The third kappa shape index (κ3) is 5.00. The van der Waals surface area contributed by atoms with Crippen LogP contribution in [0.15, 0.2) is 42.5 Å². The molecule has 10 heteroatoms. The van der Waals surface area contributed by atoms with Crippen LogP contribution in [-0.2, 0) is 0 Å². The highest BCUT2D eigenvalue weighted by atomic mass is 19.1. The Morgan fingerprint density at radius 2 is 1.67 bits per heavy atom. The zero-order valence-corrected chi connectivity index (χ0v) is 18.4. The molecule has 1 heterocycles. The van der Waals surface area contributed by atoms with Gasteiger partial charge in [-0.05, 0) is 37.3 Å². The van der Waals surface area contributed by atoms with Crippen molar-refractivity contribution in [3.63, 3.8) is 0 Å². The number of rotatable bonds is 7. The number of nitrogens with one attached hydrogen (secondary N) is 1. The molecule has 3 rings (SSSR count). The van der Waals surface area contributed by atoms with Crippen molar-refractivity contribution in [3.8, 4) is 29.0 Å². The third-order valence-electron chi connectivity index (χ3n) is 4.62. The molecule has 8 nitrogen and oxygen atoms in total. The molecule has 0 atom stereocenters. The lowest BCUT2D eigenvalue weighted by Gasteiger charge is -2.15. The molecule has 0 saturated carbocycles. The lowest BCUT2D eigenvalue weighted by Crippen LogP contribution is -2.21. The Balaban J connectivity index is 1.98. The van der Waals surface area contributed by atoms with E-state index in [2.05, 4.69) is 4.98 Å². The maximum Gasteiger partial charge on any atom is 0.259 e. The van der Waals surface area contributed by atoms with Gasteiger partial charge in [-0.2, -0.15) is 4.98 Å². The van der Waals surface area contributed by atoms with Crippen LogP contribution in [0.5, 0.6) is 29.0 Å². The van der Waals surface area contributed by atoms with Crippen molar-refractivity contribution in [2.24, 2.45) is 5.73 Å². The summed E-state index contributed by atoms with van der Waals surface area (Å²) in [6.45, 7) is 1.22. The van der Waals surface area contributed by atoms with Crippen LogP contribution >= 0.6 is 0 Å². The van der Waals surface area contributed by atoms with Crippen LogP contribution in [0.3, 0.4) is 0 Å². The summed E-state index contributed by atoms with van der Waals surface area (Å²) in [6, 6.07) is 10.4. The normalized spacial score (nSPS) is 10.5. The summed E-state index contributed by atoms with van der Waals surface area (Å²) < 4.78 is 45.7. The molecule has 33 heavy (non-hydrogen) atoms. The fraction of sp³-hybridized carbons (Fsp3) is 0.174. The number of amides is 1. The van der Waals surface area contributed by atoms with E-state index in [9.17, 15) is 13.6 Å². The molecule has 0 spiro atoms. The van der Waals surface area contributed by atoms with Crippen molar-refractivity contribution in [2.75, 3.05) is 21.2 Å². The van der Waals surface area contributed by atoms with E-state index in [0.717, 1.165) is 0 Å². The molecule has 0 saturated heterocycles. The van der Waals surface area contributed by atoms with E-state index in [4.69, 9.17) is 25.4 Å². The van der Waals surface area contributed by atoms with E-state index < -0.39 is 23.4 Å². The molecule has 2 aromatic carbocycles. The van der Waals surface area contributed by atoms with Gasteiger partial charge in [0.15, 0.2) is 23.1 Å². The molecule has 0 aliphatic heterocycles. The molecule has 3 N–H and O–H groups in total. The Morgan fingerprint density at radius 1 is 1.00 bits per heavy atom. The predicted octanol–water partition coefficient (Wildman–Crippen LogP) is 4.25. The number of nitrogens with two attached hydrogens (primary N) is 1. The Hall–Kier alpha value is -4.21. The lowest BCUT2D eigenvalue weighted by molar-refractivity contribution is 0.0827. The number of amidine groups is 1. The Bertz CT molecular complexity index is 1230. The van der Waals surface area contributed by atoms with Crippen LogP contribution < -0.4 is 19.9 Å². The monoisotopic (exact) mass is 456 g/mol. The number of hydrogen-bond donors (Lipinski definition) is 2. The number of carbonyl (C=O) groups is 1. The van der Waals surface area contributed by atoms with Gasteiger partial charge in [0.25, 0.3) is 17.7 Å². The molecule has 0 aliphatic carbocycles. The summed E-state index contributed by atoms with van der Waals surface area (Å²) in [5.74, 6) is -3.19. The topological polar surface area (TPSA) is 111 Å². The Kier molecular flexibility index (Phi) is 6.76. The molecule has 0 fully saturated rings. The van der Waals surface area contributed by atoms with Gasteiger partial charge in [0.2, 0.25) is 0 Å². The molecule has 1 aromatic heterocycles. The Morgan fingerprint density at radius 3 is 2.27 bits per heavy atom. The van der Waals surface area contributed by atoms with E-state index in [1.165, 1.54) is 49.3 Å². The van der Waals surface area contributed by atoms with E-state index in [-0.39, 0.29) is 34.6 Å². The zero-order valence-electron chi connectivity index (χ0n) is 18.4. The smallest absolute Gasteiger partial charge is 0.259 e. The maximum absolute atomic E-state index is 14.8. The van der Waals surface area contributed by atoms with Gasteiger partial charge in [0, 0.05) is 30.8 Å². The third-order valence-corrected chi connectivity index (χ3v) is 4.62. The minimum Gasteiger partial charge on any atom is -0.493 e. The van der Waals surface area contributed by atoms with Crippen molar-refractivity contribution in [1.29, 1.82) is 5.41 Å². The second kappa shape index (κ2) is 9.51. The first-order chi connectivity index (χ1) is 15.6. The van der Waals surface area contributed by atoms with Crippen LogP contribution in [0, 0.1) is 24.0 Å². The van der Waals surface area contributed by atoms with Crippen molar-refractivity contribution in [1.82, 2.24) is 9.88 Å². The molecular weight excluding hydrogens is 434 g/mol. The predicted molar refractivity (Wildman–Crippen MR) is 118 cm³/mol. The molecule has 0 bridgehead atoms. The highest BCUT2D eigenvalue weighted by molar-refractivity contribution is 5.95. The summed E-state index contributed by atoms with van der Waals surface area (Å²) in [5, 5.41) is 7.51. The number of ether oxygens (including phenoxy) is 3. The van der Waals surface area contributed by atoms with Crippen LogP contribution in [0.4, 0.5) is 8.78 Å². The number of nitrogens with zero attached hydrogens (tertiary/aromatic N) is 2. The highest BCUT2D eigenvalue weighted by Gasteiger charge is 2.22. The van der Waals surface area contributed by atoms with Gasteiger partial charge in [-0.25, -0.2) is 8.78 Å². The van der Waals surface area contributed by atoms with Crippen LogP contribution in [0.1, 0.15) is 21.5 Å². The molecule has 1 amide bonds. The molecule has 0 unspecified atom stereocenters. The van der Waals surface area contributed by atoms with Crippen molar-refractivity contribution in [3.05, 3.63) is 70.8 Å². The molecular formula is C23H22F2N4O4. The first-order valence-corrected chi connectivity index (χ1v) is 9.67. The van der Waals surface area contributed by atoms with Crippen molar-refractivity contribution in [2.45, 2.75) is 6.92 Å². The Labute approximate surface area is 189 Å². The lowest BCUT2D eigenvalue weighted by atomic mass is 10.2. The molecule has 172 valence electrons. The van der Waals surface area contributed by atoms with Gasteiger partial charge < -0.3 is 24.8 Å². The number of carbonyl (C=O) groups excluding carboxylic acids is 1. The van der Waals surface area contributed by atoms with Gasteiger partial charge in [-0.3, -0.25) is 10.2 Å². The average molecular weight is 456 g/mol. The van der Waals surface area contributed by atoms with Crippen LogP contribution in [-0.4, -0.2) is 42.8 Å². The second-order valence-electron chi connectivity index (χ2n) is 7.19. The summed E-state index contributed by atoms with van der Waals surface area (Å²) >= 11 is 0. The minimum absolute atomic E-state index is 0.0646. The number of methoxy groups -OCH3 is 1. The molecule has 0 radical (unpaired) electrons. The number of hydrogen-bond acceptors (Lipinski definition) is 6. The summed E-state index contributed by atoms with van der Waals surface area (Å²) in [4.78, 5) is 17.4. The maximum atomic E-state index is 14.8. The van der Waals surface area contributed by atoms with Gasteiger partial charge in [0.1, 0.15) is 11.6 Å². The average Bonchev–Trinajstić information content (AvgIpc) is 2.80. The SMILES string of the molecule is COc1cc(C(=O)N(C)C)ccc1Oc1nc(Oc2cccc(C(=N)N)c2)c(F)c(C)c1F. The summed E-state index contributed by atoms with van der Waals surface area (Å²) in [6.07, 6.45) is 0. The zero-order chi connectivity index (χ0) is 24.3. The van der Waals surface area contributed by atoms with Gasteiger partial charge in [0.05, 0.1) is 7.11 Å². The van der Waals surface area contributed by atoms with E-state index in [1.807, 2.05) is 0 Å². The minimum atomic E-state index is -1.02. The molecule has 3 aromatic rings. The summed E-state index contributed by atoms with van der Waals surface area (Å²) in [7, 11) is 4.57. The van der Waals surface area contributed by atoms with Crippen LogP contribution in [0.25, 0.3) is 0 Å². The van der Waals surface area contributed by atoms with Gasteiger partial charge >= 0.3 is 0 Å². The number of halogens is 2. The second-order valence-corrected chi connectivity index (χ2v) is 7.19. The van der Waals surface area contributed by atoms with Crippen molar-refractivity contribution < 1.29 is 27.8 Å². The number of pyridine rings is 1. The summed E-state index contributed by atoms with van der Waals surface area (Å²) in [5.41, 5.74) is 5.80. The van der Waals surface area contributed by atoms with E-state index in [1.54, 1.807) is 26.2 Å². The van der Waals surface area contributed by atoms with E-state index in [0.29, 0.717) is 11.1 Å². The highest BCUT2D eigenvalue weighted by Crippen LogP contribution is 2.36. The first kappa shape index (κ1) is 23.5. The first-order valence-electron chi connectivity index (χ1n) is 9.67. The fourth-order valence-electron chi connectivity index (χ4n) is 2.83. The quantitative estimate of drug-likeness (QED) is 0.406.